The molecule has 2 aliphatic rings. The van der Waals surface area contributed by atoms with Crippen molar-refractivity contribution in [1.29, 1.82) is 0 Å². The lowest BCUT2D eigenvalue weighted by Crippen LogP contribution is -2.53. The Hall–Kier alpha value is -2.55. The van der Waals surface area contributed by atoms with E-state index in [4.69, 9.17) is 16.3 Å². The van der Waals surface area contributed by atoms with Gasteiger partial charge in [0.25, 0.3) is 0 Å². The molecule has 2 atom stereocenters. The fourth-order valence-electron chi connectivity index (χ4n) is 5.70. The van der Waals surface area contributed by atoms with Crippen LogP contribution in [0.15, 0.2) is 43.0 Å². The zero-order valence-electron chi connectivity index (χ0n) is 21.5. The summed E-state index contributed by atoms with van der Waals surface area (Å²) in [6.45, 7) is 8.19. The number of likely N-dealkylation sites (tertiary alicyclic amines) is 1. The highest BCUT2D eigenvalue weighted by atomic mass is 35.5. The zero-order chi connectivity index (χ0) is 27.2. The van der Waals surface area contributed by atoms with Gasteiger partial charge in [0, 0.05) is 71.5 Å². The highest BCUT2D eigenvalue weighted by Gasteiger charge is 2.42. The summed E-state index contributed by atoms with van der Waals surface area (Å²) in [4.78, 5) is 7.14. The van der Waals surface area contributed by atoms with Crippen molar-refractivity contribution in [3.8, 4) is 5.75 Å². The Balaban J connectivity index is 1.54. The molecule has 204 valence electrons. The molecule has 38 heavy (non-hydrogen) atoms. The molecule has 0 bridgehead atoms. The van der Waals surface area contributed by atoms with Crippen LogP contribution in [0.5, 0.6) is 5.75 Å². The van der Waals surface area contributed by atoms with E-state index in [2.05, 4.69) is 11.6 Å². The van der Waals surface area contributed by atoms with Crippen LogP contribution in [-0.4, -0.2) is 65.5 Å². The molecule has 3 aromatic rings. The zero-order valence-corrected chi connectivity index (χ0v) is 22.3. The van der Waals surface area contributed by atoms with Crippen LogP contribution in [0.2, 0.25) is 5.02 Å². The van der Waals surface area contributed by atoms with Gasteiger partial charge >= 0.3 is 0 Å². The van der Waals surface area contributed by atoms with Gasteiger partial charge in [0.2, 0.25) is 0 Å². The van der Waals surface area contributed by atoms with Crippen LogP contribution in [0, 0.1) is 11.6 Å². The Morgan fingerprint density at radius 2 is 1.89 bits per heavy atom. The molecule has 4 nitrogen and oxygen atoms in total. The van der Waals surface area contributed by atoms with Crippen molar-refractivity contribution in [3.05, 3.63) is 76.5 Å². The number of ether oxygens (including phenoxy) is 1. The summed E-state index contributed by atoms with van der Waals surface area (Å²) in [6, 6.07) is 6.52. The van der Waals surface area contributed by atoms with Gasteiger partial charge in [-0.05, 0) is 50.5 Å². The average molecular weight is 550 g/mol. The third-order valence-electron chi connectivity index (χ3n) is 7.34. The van der Waals surface area contributed by atoms with Gasteiger partial charge in [0.15, 0.2) is 0 Å². The first kappa shape index (κ1) is 27.0. The van der Waals surface area contributed by atoms with Crippen molar-refractivity contribution in [2.24, 2.45) is 0 Å². The Morgan fingerprint density at radius 1 is 1.18 bits per heavy atom. The summed E-state index contributed by atoms with van der Waals surface area (Å²) in [6.07, 6.45) is 2.43. The average Bonchev–Trinajstić information content (AvgIpc) is 3.17. The molecule has 5 rings (SSSR count). The Kier molecular flexibility index (Phi) is 7.50. The minimum atomic E-state index is -1.62. The van der Waals surface area contributed by atoms with Crippen LogP contribution >= 0.6 is 11.6 Å². The van der Waals surface area contributed by atoms with Crippen molar-refractivity contribution in [2.75, 3.05) is 32.9 Å². The van der Waals surface area contributed by atoms with E-state index in [1.54, 1.807) is 17.0 Å². The summed E-state index contributed by atoms with van der Waals surface area (Å²) < 4.78 is 64.9. The molecule has 9 heteroatoms. The number of hydrogen-bond donors (Lipinski definition) is 1. The van der Waals surface area contributed by atoms with Gasteiger partial charge in [-0.25, -0.2) is 13.2 Å². The first-order valence-electron chi connectivity index (χ1n) is 12.9. The molecule has 3 heterocycles. The van der Waals surface area contributed by atoms with Crippen molar-refractivity contribution in [3.63, 3.8) is 0 Å². The summed E-state index contributed by atoms with van der Waals surface area (Å²) in [5.41, 5.74) is 0.480. The summed E-state index contributed by atoms with van der Waals surface area (Å²) in [7, 11) is 0. The van der Waals surface area contributed by atoms with Gasteiger partial charge < -0.3 is 9.72 Å². The van der Waals surface area contributed by atoms with E-state index >= 15 is 13.2 Å². The molecule has 0 radical (unpaired) electrons. The first-order chi connectivity index (χ1) is 18.1. The maximum atomic E-state index is 15.8. The van der Waals surface area contributed by atoms with Gasteiger partial charge in [-0.15, -0.1) is 6.58 Å². The highest BCUT2D eigenvalue weighted by molar-refractivity contribution is 6.31. The van der Waals surface area contributed by atoms with Crippen molar-refractivity contribution in [2.45, 2.75) is 50.5 Å². The fraction of sp³-hybridized carbons (Fsp3) is 0.448. The van der Waals surface area contributed by atoms with E-state index in [1.807, 2.05) is 17.0 Å². The van der Waals surface area contributed by atoms with Crippen molar-refractivity contribution >= 4 is 22.5 Å². The SMILES string of the molecule is C=C[C@H]1Cc2c([nH]c3ccc(Cl)cc23)[C@H](c2c(F)cc(OC3CN(CCCF)C3)cc2F)N1CC(C)(C)F. The predicted molar refractivity (Wildman–Crippen MR) is 143 cm³/mol. The smallest absolute Gasteiger partial charge is 0.135 e. The largest absolute Gasteiger partial charge is 0.488 e. The Bertz CT molecular complexity index is 1310. The molecule has 0 unspecified atom stereocenters. The number of H-pyrrole nitrogens is 1. The third kappa shape index (κ3) is 5.31. The molecule has 1 N–H and O–H groups in total. The van der Waals surface area contributed by atoms with Gasteiger partial charge in [-0.3, -0.25) is 14.2 Å². The Morgan fingerprint density at radius 3 is 2.53 bits per heavy atom. The second-order valence-electron chi connectivity index (χ2n) is 10.9. The second kappa shape index (κ2) is 10.5. The number of alkyl halides is 2. The minimum absolute atomic E-state index is 0.0577. The first-order valence-corrected chi connectivity index (χ1v) is 13.3. The van der Waals surface area contributed by atoms with Crippen LogP contribution in [0.25, 0.3) is 10.9 Å². The van der Waals surface area contributed by atoms with Crippen molar-refractivity contribution < 1.29 is 22.3 Å². The standard InChI is InChI=1S/C29H32ClF4N3O/c1-4-18-11-22-21-10-17(30)6-7-25(21)35-27(22)28(37(18)16-29(2,3)34)26-23(32)12-19(13-24(26)33)38-20-14-36(15-20)9-5-8-31/h4,6-7,10,12-13,18,20,28,35H,1,5,8-9,11,14-16H2,2-3H3/t18-,28-/m0/s1. The number of benzene rings is 2. The van der Waals surface area contributed by atoms with E-state index in [-0.39, 0.29) is 36.7 Å². The molecule has 2 aliphatic heterocycles. The molecule has 1 fully saturated rings. The van der Waals surface area contributed by atoms with Gasteiger partial charge in [0.1, 0.15) is 29.2 Å². The molecule has 0 amide bonds. The van der Waals surface area contributed by atoms with Crippen LogP contribution in [-0.2, 0) is 6.42 Å². The molecule has 0 spiro atoms. The topological polar surface area (TPSA) is 31.5 Å². The number of aromatic nitrogens is 1. The van der Waals surface area contributed by atoms with Crippen LogP contribution < -0.4 is 4.74 Å². The molecule has 1 aromatic heterocycles. The highest BCUT2D eigenvalue weighted by Crippen LogP contribution is 2.44. The third-order valence-corrected chi connectivity index (χ3v) is 7.57. The molecule has 1 saturated heterocycles. The van der Waals surface area contributed by atoms with Crippen LogP contribution in [0.4, 0.5) is 17.6 Å². The maximum Gasteiger partial charge on any atom is 0.135 e. The lowest BCUT2D eigenvalue weighted by molar-refractivity contribution is 0.0180. The van der Waals surface area contributed by atoms with E-state index in [9.17, 15) is 4.39 Å². The quantitative estimate of drug-likeness (QED) is 0.236. The van der Waals surface area contributed by atoms with E-state index in [0.29, 0.717) is 43.2 Å². The lowest BCUT2D eigenvalue weighted by Gasteiger charge is -2.43. The second-order valence-corrected chi connectivity index (χ2v) is 11.3. The lowest BCUT2D eigenvalue weighted by atomic mass is 9.86. The Labute approximate surface area is 225 Å². The van der Waals surface area contributed by atoms with E-state index in [0.717, 1.165) is 16.5 Å². The minimum Gasteiger partial charge on any atom is -0.488 e. The number of nitrogens with zero attached hydrogens (tertiary/aromatic N) is 2. The normalized spacial score (nSPS) is 20.9. The van der Waals surface area contributed by atoms with Gasteiger partial charge in [0.05, 0.1) is 12.7 Å². The number of aromatic amines is 1. The number of nitrogens with one attached hydrogen (secondary N) is 1. The monoisotopic (exact) mass is 549 g/mol. The summed E-state index contributed by atoms with van der Waals surface area (Å²) in [5, 5.41) is 1.42. The van der Waals surface area contributed by atoms with Gasteiger partial charge in [-0.1, -0.05) is 17.7 Å². The van der Waals surface area contributed by atoms with Crippen LogP contribution in [0.1, 0.15) is 43.1 Å². The molecular formula is C29H32ClF4N3O. The molecule has 2 aromatic carbocycles. The maximum absolute atomic E-state index is 15.8. The number of rotatable bonds is 9. The molecular weight excluding hydrogens is 518 g/mol. The van der Waals surface area contributed by atoms with E-state index < -0.39 is 23.3 Å². The van der Waals surface area contributed by atoms with E-state index in [1.165, 1.54) is 26.0 Å². The molecule has 0 aliphatic carbocycles. The predicted octanol–water partition coefficient (Wildman–Crippen LogP) is 6.77. The van der Waals surface area contributed by atoms with Crippen LogP contribution in [0.3, 0.4) is 0 Å². The van der Waals surface area contributed by atoms with Crippen molar-refractivity contribution in [1.82, 2.24) is 14.8 Å². The van der Waals surface area contributed by atoms with Gasteiger partial charge in [-0.2, -0.15) is 0 Å². The summed E-state index contributed by atoms with van der Waals surface area (Å²) in [5.74, 6) is -1.45. The molecule has 0 saturated carbocycles. The summed E-state index contributed by atoms with van der Waals surface area (Å²) >= 11 is 6.27. The number of halogens is 5. The fourth-order valence-corrected chi connectivity index (χ4v) is 5.87. The number of hydrogen-bond acceptors (Lipinski definition) is 3. The number of fused-ring (bicyclic) bond motifs is 3.